The Kier molecular flexibility index (Phi) is 4.09. The highest BCUT2D eigenvalue weighted by Gasteiger charge is 2.39. The van der Waals surface area contributed by atoms with Gasteiger partial charge in [-0.15, -0.1) is 0 Å². The first-order valence-electron chi connectivity index (χ1n) is 7.53. The molecule has 2 amide bonds. The molecule has 5 nitrogen and oxygen atoms in total. The average molecular weight is 333 g/mol. The highest BCUT2D eigenvalue weighted by molar-refractivity contribution is 5.89. The number of hydrogen-bond acceptors (Lipinski definition) is 3. The van der Waals surface area contributed by atoms with Crippen molar-refractivity contribution in [2.24, 2.45) is 0 Å². The molecule has 3 rings (SSSR count). The van der Waals surface area contributed by atoms with Gasteiger partial charge in [0.1, 0.15) is 17.3 Å². The van der Waals surface area contributed by atoms with Crippen LogP contribution >= 0.6 is 0 Å². The minimum Gasteiger partial charge on any atom is -0.456 e. The molecule has 0 radical (unpaired) electrons. The second kappa shape index (κ2) is 6.07. The number of ether oxygens (including phenoxy) is 1. The smallest absolute Gasteiger partial charge is 0.323 e. The highest BCUT2D eigenvalue weighted by atomic mass is 19.2. The molecule has 0 spiro atoms. The van der Waals surface area contributed by atoms with Crippen LogP contribution in [0.2, 0.25) is 0 Å². The van der Waals surface area contributed by atoms with E-state index in [-0.39, 0.29) is 17.3 Å². The van der Waals surface area contributed by atoms with E-state index >= 15 is 0 Å². The summed E-state index contributed by atoms with van der Waals surface area (Å²) in [5.41, 5.74) is -0.139. The van der Waals surface area contributed by atoms with E-state index in [1.165, 1.54) is 12.3 Å². The molecular weight excluding hydrogens is 316 g/mol. The summed E-state index contributed by atoms with van der Waals surface area (Å²) in [7, 11) is 0. The van der Waals surface area contributed by atoms with Gasteiger partial charge in [-0.3, -0.25) is 5.32 Å². The number of anilines is 1. The zero-order valence-electron chi connectivity index (χ0n) is 13.3. The Morgan fingerprint density at radius 2 is 1.96 bits per heavy atom. The maximum Gasteiger partial charge on any atom is 0.323 e. The molecule has 2 aromatic rings. The van der Waals surface area contributed by atoms with Gasteiger partial charge in [0, 0.05) is 18.2 Å². The van der Waals surface area contributed by atoms with Gasteiger partial charge in [-0.05, 0) is 44.5 Å². The Morgan fingerprint density at radius 3 is 2.50 bits per heavy atom. The Balaban J connectivity index is 1.63. The molecule has 1 N–H and O–H groups in total. The second-order valence-electron chi connectivity index (χ2n) is 6.20. The molecule has 24 heavy (non-hydrogen) atoms. The zero-order chi connectivity index (χ0) is 17.3. The molecule has 1 aliphatic rings. The van der Waals surface area contributed by atoms with Crippen LogP contribution in [0.25, 0.3) is 0 Å². The molecule has 1 aromatic carbocycles. The number of carbonyl (C=O) groups is 1. The van der Waals surface area contributed by atoms with Gasteiger partial charge >= 0.3 is 6.03 Å². The normalized spacial score (nSPS) is 15.6. The fourth-order valence-electron chi connectivity index (χ4n) is 2.42. The third-order valence-corrected chi connectivity index (χ3v) is 4.02. The van der Waals surface area contributed by atoms with Crippen LogP contribution in [0.1, 0.15) is 20.3 Å². The summed E-state index contributed by atoms with van der Waals surface area (Å²) < 4.78 is 31.4. The van der Waals surface area contributed by atoms with E-state index in [4.69, 9.17) is 4.74 Å². The molecule has 1 aromatic heterocycles. The monoisotopic (exact) mass is 333 g/mol. The number of likely N-dealkylation sites (tertiary alicyclic amines) is 1. The van der Waals surface area contributed by atoms with Crippen LogP contribution in [0.4, 0.5) is 19.4 Å². The van der Waals surface area contributed by atoms with Gasteiger partial charge < -0.3 is 9.64 Å². The number of carbonyl (C=O) groups excluding carboxylic acids is 1. The predicted octanol–water partition coefficient (Wildman–Crippen LogP) is 4.17. The van der Waals surface area contributed by atoms with Crippen LogP contribution in [-0.2, 0) is 0 Å². The summed E-state index contributed by atoms with van der Waals surface area (Å²) in [6.45, 7) is 4.72. The average Bonchev–Trinajstić information content (AvgIpc) is 2.52. The maximum atomic E-state index is 13.1. The van der Waals surface area contributed by atoms with Crippen molar-refractivity contribution in [1.29, 1.82) is 0 Å². The lowest BCUT2D eigenvalue weighted by Crippen LogP contribution is -2.59. The number of urea groups is 1. The van der Waals surface area contributed by atoms with E-state index in [0.29, 0.717) is 11.6 Å². The van der Waals surface area contributed by atoms with E-state index in [9.17, 15) is 13.6 Å². The zero-order valence-corrected chi connectivity index (χ0v) is 13.3. The number of nitrogens with zero attached hydrogens (tertiary/aromatic N) is 2. The lowest BCUT2D eigenvalue weighted by molar-refractivity contribution is 0.0610. The topological polar surface area (TPSA) is 54.5 Å². The van der Waals surface area contributed by atoms with E-state index in [0.717, 1.165) is 25.1 Å². The fourth-order valence-corrected chi connectivity index (χ4v) is 2.42. The van der Waals surface area contributed by atoms with Gasteiger partial charge in [-0.25, -0.2) is 18.6 Å². The lowest BCUT2D eigenvalue weighted by atomic mass is 9.90. The van der Waals surface area contributed by atoms with E-state index < -0.39 is 11.6 Å². The molecule has 0 atom stereocenters. The second-order valence-corrected chi connectivity index (χ2v) is 6.20. The van der Waals surface area contributed by atoms with Crippen LogP contribution in [0.5, 0.6) is 11.5 Å². The molecule has 1 aliphatic heterocycles. The Morgan fingerprint density at radius 1 is 1.21 bits per heavy atom. The molecule has 0 saturated carbocycles. The molecular formula is C17H17F2N3O2. The number of aromatic nitrogens is 1. The standard InChI is InChI=1S/C17H17F2N3O2/c1-17(2)7-8-22(17)16(23)21-15-6-4-12(10-20-15)24-11-3-5-13(18)14(19)9-11/h3-6,9-10H,7-8H2,1-2H3,(H,20,21,23). The largest absolute Gasteiger partial charge is 0.456 e. The number of nitrogens with one attached hydrogen (secondary N) is 1. The van der Waals surface area contributed by atoms with Crippen molar-refractivity contribution in [3.8, 4) is 11.5 Å². The third-order valence-electron chi connectivity index (χ3n) is 4.02. The summed E-state index contributed by atoms with van der Waals surface area (Å²) in [4.78, 5) is 18.0. The highest BCUT2D eigenvalue weighted by Crippen LogP contribution is 2.30. The summed E-state index contributed by atoms with van der Waals surface area (Å²) in [6.07, 6.45) is 2.37. The third kappa shape index (κ3) is 3.29. The lowest BCUT2D eigenvalue weighted by Gasteiger charge is -2.48. The quantitative estimate of drug-likeness (QED) is 0.917. The summed E-state index contributed by atoms with van der Waals surface area (Å²) in [5.74, 6) is -1.02. The van der Waals surface area contributed by atoms with Gasteiger partial charge in [0.2, 0.25) is 0 Å². The molecule has 0 bridgehead atoms. The maximum absolute atomic E-state index is 13.1. The minimum atomic E-state index is -0.985. The van der Waals surface area contributed by atoms with Crippen molar-refractivity contribution in [2.45, 2.75) is 25.8 Å². The van der Waals surface area contributed by atoms with Crippen LogP contribution < -0.4 is 10.1 Å². The molecule has 126 valence electrons. The van der Waals surface area contributed by atoms with Gasteiger partial charge in [-0.2, -0.15) is 0 Å². The summed E-state index contributed by atoms with van der Waals surface area (Å²) in [5, 5.41) is 2.72. The van der Waals surface area contributed by atoms with E-state index in [1.807, 2.05) is 13.8 Å². The molecule has 1 saturated heterocycles. The van der Waals surface area contributed by atoms with Gasteiger partial charge in [0.05, 0.1) is 6.20 Å². The molecule has 2 heterocycles. The number of rotatable bonds is 3. The van der Waals surface area contributed by atoms with Crippen molar-refractivity contribution in [1.82, 2.24) is 9.88 Å². The van der Waals surface area contributed by atoms with Crippen LogP contribution in [0, 0.1) is 11.6 Å². The number of amides is 2. The molecule has 7 heteroatoms. The first-order valence-corrected chi connectivity index (χ1v) is 7.53. The van der Waals surface area contributed by atoms with Gasteiger partial charge in [0.25, 0.3) is 0 Å². The first kappa shape index (κ1) is 16.2. The Labute approximate surface area is 138 Å². The van der Waals surface area contributed by atoms with Crippen LogP contribution in [0.15, 0.2) is 36.5 Å². The molecule has 0 aliphatic carbocycles. The number of pyridine rings is 1. The molecule has 0 unspecified atom stereocenters. The predicted molar refractivity (Wildman–Crippen MR) is 85.1 cm³/mol. The Hall–Kier alpha value is -2.70. The number of benzene rings is 1. The van der Waals surface area contributed by atoms with Gasteiger partial charge in [-0.1, -0.05) is 0 Å². The van der Waals surface area contributed by atoms with Crippen molar-refractivity contribution in [2.75, 3.05) is 11.9 Å². The number of hydrogen-bond donors (Lipinski definition) is 1. The first-order chi connectivity index (χ1) is 11.3. The van der Waals surface area contributed by atoms with Gasteiger partial charge in [0.15, 0.2) is 11.6 Å². The van der Waals surface area contributed by atoms with Crippen molar-refractivity contribution in [3.05, 3.63) is 48.2 Å². The van der Waals surface area contributed by atoms with Crippen LogP contribution in [0.3, 0.4) is 0 Å². The van der Waals surface area contributed by atoms with Crippen LogP contribution in [-0.4, -0.2) is 28.0 Å². The van der Waals surface area contributed by atoms with Crippen molar-refractivity contribution >= 4 is 11.8 Å². The van der Waals surface area contributed by atoms with E-state index in [1.54, 1.807) is 17.0 Å². The van der Waals surface area contributed by atoms with E-state index in [2.05, 4.69) is 10.3 Å². The Bertz CT molecular complexity index is 763. The number of halogens is 2. The minimum absolute atomic E-state index is 0.139. The molecule has 1 fully saturated rings. The van der Waals surface area contributed by atoms with Crippen molar-refractivity contribution in [3.63, 3.8) is 0 Å². The summed E-state index contributed by atoms with van der Waals surface area (Å²) >= 11 is 0. The fraction of sp³-hybridized carbons (Fsp3) is 0.294. The SMILES string of the molecule is CC1(C)CCN1C(=O)Nc1ccc(Oc2ccc(F)c(F)c2)cn1. The van der Waals surface area contributed by atoms with Crippen molar-refractivity contribution < 1.29 is 18.3 Å². The summed E-state index contributed by atoms with van der Waals surface area (Å²) in [6, 6.07) is 6.23.